The number of carbonyl (C=O) groups is 4. The maximum atomic E-state index is 15.2. The van der Waals surface area contributed by atoms with Crippen LogP contribution in [0.3, 0.4) is 0 Å². The van der Waals surface area contributed by atoms with Crippen molar-refractivity contribution in [3.63, 3.8) is 0 Å². The van der Waals surface area contributed by atoms with E-state index in [-0.39, 0.29) is 95.0 Å². The third kappa shape index (κ3) is 12.3. The van der Waals surface area contributed by atoms with E-state index in [0.717, 1.165) is 0 Å². The number of benzene rings is 2. The summed E-state index contributed by atoms with van der Waals surface area (Å²) in [6.45, 7) is 11.1. The summed E-state index contributed by atoms with van der Waals surface area (Å²) in [6, 6.07) is 0.253. The summed E-state index contributed by atoms with van der Waals surface area (Å²) >= 11 is 0. The summed E-state index contributed by atoms with van der Waals surface area (Å²) in [5, 5.41) is 112. The third-order valence-electron chi connectivity index (χ3n) is 19.1. The molecule has 6 heterocycles. The number of carboxylic acids is 1. The minimum absolute atomic E-state index is 0.00663. The van der Waals surface area contributed by atoms with Crippen molar-refractivity contribution in [2.24, 2.45) is 0 Å². The highest BCUT2D eigenvalue weighted by molar-refractivity contribution is 6.31. The SMILES string of the molecule is COC1CC(OC2C(C)OC(OC3C(C)OC(OC4C(N(C)C)C(O)C5Oc6c(ccc7c6C(=O)c6c(O)c8c(c(O)c6C7=O)C(OC6CC(N(C)C)C(O)C(C)O6)CC(C)(O)C8)C4(C)O5)CC3(C)N(O)O)CC2N(O)O)OC(C)C1OC(=O)CCC(=O)O. The fourth-order valence-electron chi connectivity index (χ4n) is 14.5. The second kappa shape index (κ2) is 25.3. The Morgan fingerprint density at radius 2 is 1.29 bits per heavy atom. The standard InChI is InChI=1S/C59H84N4O26/c1-23-45(67)30(60(8)9)17-36(79-23)83-33-21-57(5,73)20-28-40(33)48(70)42-43(47(28)69)49(71)41-27(46(42)68)13-14-29-53(41)88-56-50(72)44(61(10)11)55(59(29,7)89-56)87-39-22-58(6,63(76)77)54(26(4)82-39)86-37-18-31(62(74)75)51(24(2)80-37)85-38-19-32(78-12)52(25(3)81-38)84-35(66)16-15-34(64)65/h13-14,23-26,30-33,36-39,44-45,50-52,54-56,67,69-70,72-77H,15-22H2,1-12H3,(H,64,65). The molecule has 10 rings (SSSR count). The quantitative estimate of drug-likeness (QED) is 0.0524. The molecule has 0 radical (unpaired) electrons. The maximum Gasteiger partial charge on any atom is 0.306 e. The van der Waals surface area contributed by atoms with E-state index in [9.17, 15) is 60.7 Å². The number of fused-ring (bicyclic) bond motifs is 8. The Labute approximate surface area is 512 Å². The monoisotopic (exact) mass is 1260 g/mol. The number of hydrogen-bond acceptors (Lipinski definition) is 29. The van der Waals surface area contributed by atoms with E-state index in [1.54, 1.807) is 67.7 Å². The van der Waals surface area contributed by atoms with Crippen molar-refractivity contribution in [1.29, 1.82) is 0 Å². The van der Waals surface area contributed by atoms with Gasteiger partial charge in [0, 0.05) is 73.9 Å². The summed E-state index contributed by atoms with van der Waals surface area (Å²) in [4.78, 5) is 57.2. The van der Waals surface area contributed by atoms with Gasteiger partial charge in [0.1, 0.15) is 58.9 Å². The molecule has 10 N–H and O–H groups in total. The molecule has 0 spiro atoms. The molecule has 0 saturated carbocycles. The van der Waals surface area contributed by atoms with E-state index in [1.165, 1.54) is 33.1 Å². The van der Waals surface area contributed by atoms with E-state index in [1.807, 2.05) is 4.90 Å². The molecule has 23 atom stereocenters. The molecule has 2 bridgehead atoms. The number of phenolic OH excluding ortho intramolecular Hbond substituents is 2. The van der Waals surface area contributed by atoms with Crippen molar-refractivity contribution in [3.8, 4) is 17.2 Å². The minimum atomic E-state index is -1.80. The van der Waals surface area contributed by atoms with Crippen LogP contribution in [0.15, 0.2) is 12.1 Å². The minimum Gasteiger partial charge on any atom is -0.507 e. The molecule has 30 nitrogen and oxygen atoms in total. The number of phenols is 2. The van der Waals surface area contributed by atoms with Gasteiger partial charge in [-0.2, -0.15) is 0 Å². The number of methoxy groups -OCH3 is 1. The Hall–Kier alpha value is -4.72. The van der Waals surface area contributed by atoms with Crippen LogP contribution in [0, 0.1) is 0 Å². The van der Waals surface area contributed by atoms with Crippen LogP contribution < -0.4 is 4.74 Å². The highest BCUT2D eigenvalue weighted by Gasteiger charge is 2.62. The largest absolute Gasteiger partial charge is 0.507 e. The number of likely N-dealkylation sites (N-methyl/N-ethyl adjacent to an activating group) is 2. The summed E-state index contributed by atoms with van der Waals surface area (Å²) in [7, 11) is 8.34. The van der Waals surface area contributed by atoms with Gasteiger partial charge in [0.2, 0.25) is 12.1 Å². The van der Waals surface area contributed by atoms with E-state index in [0.29, 0.717) is 0 Å². The predicted octanol–water partition coefficient (Wildman–Crippen LogP) is 1.95. The molecule has 6 aliphatic heterocycles. The zero-order valence-electron chi connectivity index (χ0n) is 51.7. The molecule has 89 heavy (non-hydrogen) atoms. The first-order chi connectivity index (χ1) is 41.7. The number of ketones is 2. The molecule has 2 aliphatic carbocycles. The molecule has 5 saturated heterocycles. The average Bonchev–Trinajstić information content (AvgIpc) is 0.755. The van der Waals surface area contributed by atoms with Gasteiger partial charge in [0.25, 0.3) is 0 Å². The van der Waals surface area contributed by atoms with Gasteiger partial charge >= 0.3 is 11.9 Å². The van der Waals surface area contributed by atoms with Gasteiger partial charge in [0.15, 0.2) is 37.0 Å². The second-order valence-corrected chi connectivity index (χ2v) is 25.9. The lowest BCUT2D eigenvalue weighted by Crippen LogP contribution is -2.71. The van der Waals surface area contributed by atoms with Gasteiger partial charge < -0.3 is 97.3 Å². The molecule has 2 aromatic rings. The summed E-state index contributed by atoms with van der Waals surface area (Å²) < 4.78 is 75.0. The molecule has 23 unspecified atom stereocenters. The van der Waals surface area contributed by atoms with E-state index >= 15 is 4.79 Å². The summed E-state index contributed by atoms with van der Waals surface area (Å²) in [6.07, 6.45) is -20.0. The fourth-order valence-corrected chi connectivity index (χ4v) is 14.5. The number of hydrogen-bond donors (Lipinski definition) is 10. The summed E-state index contributed by atoms with van der Waals surface area (Å²) in [5.74, 6) is -5.20. The number of esters is 1. The second-order valence-electron chi connectivity index (χ2n) is 25.9. The van der Waals surface area contributed by atoms with Crippen molar-refractivity contribution < 1.29 is 127 Å². The van der Waals surface area contributed by atoms with Crippen molar-refractivity contribution in [3.05, 3.63) is 51.1 Å². The number of aliphatic hydroxyl groups is 3. The van der Waals surface area contributed by atoms with Crippen LogP contribution >= 0.6 is 0 Å². The highest BCUT2D eigenvalue weighted by atomic mass is 16.8. The van der Waals surface area contributed by atoms with Crippen LogP contribution in [0.1, 0.15) is 148 Å². The van der Waals surface area contributed by atoms with Crippen LogP contribution in [0.5, 0.6) is 17.2 Å². The van der Waals surface area contributed by atoms with Crippen LogP contribution in [0.4, 0.5) is 0 Å². The Kier molecular flexibility index (Phi) is 19.1. The lowest BCUT2D eigenvalue weighted by Gasteiger charge is -2.57. The lowest BCUT2D eigenvalue weighted by molar-refractivity contribution is -0.430. The molecule has 30 heteroatoms. The normalized spacial score (nSPS) is 40.3. The molecule has 0 aromatic heterocycles. The Morgan fingerprint density at radius 3 is 1.92 bits per heavy atom. The van der Waals surface area contributed by atoms with E-state index in [2.05, 4.69) is 0 Å². The molecular weight excluding hydrogens is 1180 g/mol. The number of aromatic hydroxyl groups is 2. The zero-order chi connectivity index (χ0) is 65.0. The zero-order valence-corrected chi connectivity index (χ0v) is 51.7. The molecule has 5 fully saturated rings. The van der Waals surface area contributed by atoms with E-state index in [4.69, 9.17) is 61.9 Å². The van der Waals surface area contributed by atoms with Gasteiger partial charge in [-0.25, -0.2) is 0 Å². The van der Waals surface area contributed by atoms with Crippen LogP contribution in [-0.4, -0.2) is 258 Å². The number of aliphatic carboxylic acids is 1. The highest BCUT2D eigenvalue weighted by Crippen LogP contribution is 2.56. The molecule has 2 aromatic carbocycles. The molecule has 8 aliphatic rings. The van der Waals surface area contributed by atoms with Gasteiger partial charge in [-0.15, -0.1) is 0 Å². The topological polar surface area (TPSA) is 394 Å². The molecular formula is C59H84N4O26. The first kappa shape index (κ1) is 67.2. The number of nitrogens with zero attached hydrogens (tertiary/aromatic N) is 4. The molecule has 0 amide bonds. The van der Waals surface area contributed by atoms with Crippen LogP contribution in [-0.2, 0) is 73.7 Å². The van der Waals surface area contributed by atoms with Crippen molar-refractivity contribution in [2.45, 2.75) is 239 Å². The van der Waals surface area contributed by atoms with Crippen LogP contribution in [0.25, 0.3) is 0 Å². The fraction of sp³-hybridized carbons (Fsp3) is 0.729. The van der Waals surface area contributed by atoms with Gasteiger partial charge in [-0.3, -0.25) is 40.0 Å². The van der Waals surface area contributed by atoms with Crippen molar-refractivity contribution in [1.82, 2.24) is 20.3 Å². The molecule has 496 valence electrons. The van der Waals surface area contributed by atoms with Gasteiger partial charge in [-0.1, -0.05) is 16.5 Å². The number of hydroxylamine groups is 4. The first-order valence-electron chi connectivity index (χ1n) is 29.9. The Morgan fingerprint density at radius 1 is 0.685 bits per heavy atom. The average molecular weight is 1270 g/mol. The number of carbonyl (C=O) groups excluding carboxylic acids is 3. The lowest BCUT2D eigenvalue weighted by atomic mass is 9.72. The Bertz CT molecular complexity index is 3000. The van der Waals surface area contributed by atoms with E-state index < -0.39 is 186 Å². The summed E-state index contributed by atoms with van der Waals surface area (Å²) in [5.41, 5.74) is -6.47. The smallest absolute Gasteiger partial charge is 0.306 e. The third-order valence-corrected chi connectivity index (χ3v) is 19.1. The maximum absolute atomic E-state index is 15.2. The Balaban J connectivity index is 0.886. The number of ether oxygens (including phenoxy) is 12. The van der Waals surface area contributed by atoms with Crippen LogP contribution in [0.2, 0.25) is 0 Å². The predicted molar refractivity (Wildman–Crippen MR) is 297 cm³/mol. The van der Waals surface area contributed by atoms with Crippen molar-refractivity contribution >= 4 is 23.5 Å². The number of rotatable bonds is 17. The van der Waals surface area contributed by atoms with Gasteiger partial charge in [-0.05, 0) is 82.7 Å². The number of carboxylic acid groups (broad SMARTS) is 1. The van der Waals surface area contributed by atoms with Gasteiger partial charge in [0.05, 0.1) is 83.8 Å². The van der Waals surface area contributed by atoms with Crippen molar-refractivity contribution in [2.75, 3.05) is 35.3 Å². The first-order valence-corrected chi connectivity index (χ1v) is 29.9. The number of aliphatic hydroxyl groups excluding tert-OH is 2.